The Balaban J connectivity index is 2.06. The van der Waals surface area contributed by atoms with Crippen LogP contribution in [0, 0.1) is 16.0 Å². The van der Waals surface area contributed by atoms with Gasteiger partial charge in [-0.25, -0.2) is 0 Å². The number of rotatable bonds is 5. The fourth-order valence-electron chi connectivity index (χ4n) is 3.44. The first-order valence-electron chi connectivity index (χ1n) is 8.72. The molecule has 2 aromatic carbocycles. The highest BCUT2D eigenvalue weighted by atomic mass is 16.6. The molecule has 0 aromatic heterocycles. The van der Waals surface area contributed by atoms with E-state index in [1.165, 1.54) is 18.2 Å². The fraction of sp³-hybridized carbons (Fsp3) is 0.238. The SMILES string of the molecule is CCOC(=O)[C@@H]1C(c2ccccc2)=CC(=O)C[C@H]1c1ccc([N+](=O)[O-])cc1. The van der Waals surface area contributed by atoms with Gasteiger partial charge in [0.05, 0.1) is 17.4 Å². The third kappa shape index (κ3) is 3.95. The molecule has 27 heavy (non-hydrogen) atoms. The first kappa shape index (κ1) is 18.5. The van der Waals surface area contributed by atoms with E-state index in [0.29, 0.717) is 11.1 Å². The number of benzene rings is 2. The predicted molar refractivity (Wildman–Crippen MR) is 100 cm³/mol. The second kappa shape index (κ2) is 7.95. The van der Waals surface area contributed by atoms with Crippen molar-refractivity contribution in [3.8, 4) is 0 Å². The molecule has 1 aliphatic rings. The number of nitrogens with zero attached hydrogens (tertiary/aromatic N) is 1. The van der Waals surface area contributed by atoms with Crippen LogP contribution in [0.1, 0.15) is 30.4 Å². The summed E-state index contributed by atoms with van der Waals surface area (Å²) in [4.78, 5) is 35.6. The number of ketones is 1. The highest BCUT2D eigenvalue weighted by Crippen LogP contribution is 2.42. The Morgan fingerprint density at radius 1 is 1.15 bits per heavy atom. The maximum atomic E-state index is 12.8. The van der Waals surface area contributed by atoms with Gasteiger partial charge in [0.2, 0.25) is 0 Å². The molecule has 0 heterocycles. The van der Waals surface area contributed by atoms with Crippen LogP contribution in [0.2, 0.25) is 0 Å². The number of ether oxygens (including phenoxy) is 1. The topological polar surface area (TPSA) is 86.5 Å². The molecule has 0 N–H and O–H groups in total. The van der Waals surface area contributed by atoms with Crippen molar-refractivity contribution in [2.24, 2.45) is 5.92 Å². The van der Waals surface area contributed by atoms with Crippen molar-refractivity contribution in [3.05, 3.63) is 81.9 Å². The number of carbonyl (C=O) groups is 2. The molecule has 2 atom stereocenters. The lowest BCUT2D eigenvalue weighted by Crippen LogP contribution is -2.31. The summed E-state index contributed by atoms with van der Waals surface area (Å²) in [6, 6.07) is 15.3. The van der Waals surface area contributed by atoms with Gasteiger partial charge in [0.1, 0.15) is 0 Å². The number of non-ortho nitro benzene ring substituents is 1. The van der Waals surface area contributed by atoms with Crippen LogP contribution < -0.4 is 0 Å². The summed E-state index contributed by atoms with van der Waals surface area (Å²) < 4.78 is 5.28. The van der Waals surface area contributed by atoms with Crippen LogP contribution in [0.25, 0.3) is 5.57 Å². The summed E-state index contributed by atoms with van der Waals surface area (Å²) in [6.07, 6.45) is 1.66. The molecular weight excluding hydrogens is 346 g/mol. The minimum Gasteiger partial charge on any atom is -0.466 e. The average Bonchev–Trinajstić information content (AvgIpc) is 2.68. The van der Waals surface area contributed by atoms with E-state index in [2.05, 4.69) is 0 Å². The average molecular weight is 365 g/mol. The lowest BCUT2D eigenvalue weighted by atomic mass is 9.72. The van der Waals surface area contributed by atoms with E-state index in [4.69, 9.17) is 4.74 Å². The minimum absolute atomic E-state index is 0.0348. The molecule has 0 unspecified atom stereocenters. The van der Waals surface area contributed by atoms with Crippen LogP contribution in [-0.4, -0.2) is 23.3 Å². The summed E-state index contributed by atoms with van der Waals surface area (Å²) >= 11 is 0. The van der Waals surface area contributed by atoms with Crippen molar-refractivity contribution in [2.45, 2.75) is 19.3 Å². The predicted octanol–water partition coefficient (Wildman–Crippen LogP) is 3.91. The Morgan fingerprint density at radius 3 is 2.41 bits per heavy atom. The Hall–Kier alpha value is -3.28. The lowest BCUT2D eigenvalue weighted by Gasteiger charge is -2.31. The molecule has 6 heteroatoms. The van der Waals surface area contributed by atoms with Gasteiger partial charge in [0.15, 0.2) is 5.78 Å². The molecule has 138 valence electrons. The normalized spacial score (nSPS) is 19.3. The van der Waals surface area contributed by atoms with Crippen LogP contribution in [0.4, 0.5) is 5.69 Å². The Morgan fingerprint density at radius 2 is 1.81 bits per heavy atom. The van der Waals surface area contributed by atoms with E-state index in [1.54, 1.807) is 19.1 Å². The number of hydrogen-bond donors (Lipinski definition) is 0. The molecule has 2 aromatic rings. The van der Waals surface area contributed by atoms with Gasteiger partial charge in [-0.1, -0.05) is 42.5 Å². The van der Waals surface area contributed by atoms with Gasteiger partial charge < -0.3 is 4.74 Å². The summed E-state index contributed by atoms with van der Waals surface area (Å²) in [5.41, 5.74) is 2.07. The Bertz CT molecular complexity index is 887. The van der Waals surface area contributed by atoms with Crippen molar-refractivity contribution in [3.63, 3.8) is 0 Å². The standard InChI is InChI=1S/C21H19NO5/c1-2-27-21(24)20-18(14-6-4-3-5-7-14)12-17(23)13-19(20)15-8-10-16(11-9-15)22(25)26/h3-12,19-20H,2,13H2,1H3/t19-,20+/m0/s1. The molecule has 0 bridgehead atoms. The summed E-state index contributed by atoms with van der Waals surface area (Å²) in [5.74, 6) is -1.56. The Kier molecular flexibility index (Phi) is 5.45. The van der Waals surface area contributed by atoms with Crippen molar-refractivity contribution >= 4 is 23.0 Å². The van der Waals surface area contributed by atoms with Gasteiger partial charge in [-0.05, 0) is 29.7 Å². The number of esters is 1. The van der Waals surface area contributed by atoms with E-state index in [-0.39, 0.29) is 24.5 Å². The van der Waals surface area contributed by atoms with Crippen LogP contribution >= 0.6 is 0 Å². The zero-order valence-corrected chi connectivity index (χ0v) is 14.8. The van der Waals surface area contributed by atoms with E-state index in [0.717, 1.165) is 5.56 Å². The molecule has 0 amide bonds. The molecule has 0 saturated carbocycles. The van der Waals surface area contributed by atoms with Gasteiger partial charge in [-0.15, -0.1) is 0 Å². The molecule has 6 nitrogen and oxygen atoms in total. The maximum absolute atomic E-state index is 12.8. The second-order valence-corrected chi connectivity index (χ2v) is 6.32. The molecule has 0 spiro atoms. The number of nitro benzene ring substituents is 1. The monoisotopic (exact) mass is 365 g/mol. The molecule has 0 fully saturated rings. The third-order valence-corrected chi connectivity index (χ3v) is 4.65. The second-order valence-electron chi connectivity index (χ2n) is 6.32. The van der Waals surface area contributed by atoms with E-state index in [9.17, 15) is 19.7 Å². The van der Waals surface area contributed by atoms with Crippen molar-refractivity contribution in [1.29, 1.82) is 0 Å². The maximum Gasteiger partial charge on any atom is 0.314 e. The zero-order chi connectivity index (χ0) is 19.4. The minimum atomic E-state index is -0.647. The van der Waals surface area contributed by atoms with Gasteiger partial charge in [-0.3, -0.25) is 19.7 Å². The first-order chi connectivity index (χ1) is 13.0. The molecule has 1 aliphatic carbocycles. The summed E-state index contributed by atoms with van der Waals surface area (Å²) in [7, 11) is 0. The molecule has 0 aliphatic heterocycles. The van der Waals surface area contributed by atoms with Crippen LogP contribution in [0.3, 0.4) is 0 Å². The highest BCUT2D eigenvalue weighted by Gasteiger charge is 2.39. The van der Waals surface area contributed by atoms with Gasteiger partial charge in [0, 0.05) is 24.5 Å². The van der Waals surface area contributed by atoms with E-state index >= 15 is 0 Å². The molecule has 0 radical (unpaired) electrons. The zero-order valence-electron chi connectivity index (χ0n) is 14.8. The Labute approximate surface area is 156 Å². The largest absolute Gasteiger partial charge is 0.466 e. The van der Waals surface area contributed by atoms with Gasteiger partial charge >= 0.3 is 5.97 Å². The van der Waals surface area contributed by atoms with Crippen LogP contribution in [0.15, 0.2) is 60.7 Å². The van der Waals surface area contributed by atoms with Crippen LogP contribution in [-0.2, 0) is 14.3 Å². The van der Waals surface area contributed by atoms with Gasteiger partial charge in [-0.2, -0.15) is 0 Å². The van der Waals surface area contributed by atoms with Crippen molar-refractivity contribution < 1.29 is 19.2 Å². The third-order valence-electron chi connectivity index (χ3n) is 4.65. The summed E-state index contributed by atoms with van der Waals surface area (Å²) in [5, 5.41) is 10.9. The molecule has 0 saturated heterocycles. The number of hydrogen-bond acceptors (Lipinski definition) is 5. The van der Waals surface area contributed by atoms with Crippen molar-refractivity contribution in [1.82, 2.24) is 0 Å². The molecular formula is C21H19NO5. The summed E-state index contributed by atoms with van der Waals surface area (Å²) in [6.45, 7) is 1.97. The van der Waals surface area contributed by atoms with Crippen molar-refractivity contribution in [2.75, 3.05) is 6.61 Å². The smallest absolute Gasteiger partial charge is 0.314 e. The first-order valence-corrected chi connectivity index (χ1v) is 8.72. The number of carbonyl (C=O) groups excluding carboxylic acids is 2. The van der Waals surface area contributed by atoms with Gasteiger partial charge in [0.25, 0.3) is 5.69 Å². The van der Waals surface area contributed by atoms with E-state index in [1.807, 2.05) is 30.3 Å². The fourth-order valence-corrected chi connectivity index (χ4v) is 3.44. The van der Waals surface area contributed by atoms with E-state index < -0.39 is 22.7 Å². The number of nitro groups is 1. The highest BCUT2D eigenvalue weighted by molar-refractivity contribution is 6.04. The molecule has 3 rings (SSSR count). The lowest BCUT2D eigenvalue weighted by molar-refractivity contribution is -0.384. The number of allylic oxidation sites excluding steroid dienone is 1. The van der Waals surface area contributed by atoms with Crippen LogP contribution in [0.5, 0.6) is 0 Å². The quantitative estimate of drug-likeness (QED) is 0.455.